The molecular formula is C15H15ClN2O3. The number of hydrogen-bond donors (Lipinski definition) is 1. The van der Waals surface area contributed by atoms with E-state index in [1.54, 1.807) is 19.2 Å². The Balaban J connectivity index is 2.05. The molecule has 5 nitrogen and oxygen atoms in total. The third-order valence-corrected chi connectivity index (χ3v) is 3.29. The Morgan fingerprint density at radius 2 is 2.05 bits per heavy atom. The lowest BCUT2D eigenvalue weighted by molar-refractivity contribution is -0.383. The van der Waals surface area contributed by atoms with Crippen molar-refractivity contribution in [2.45, 2.75) is 6.42 Å². The highest BCUT2D eigenvalue weighted by atomic mass is 35.5. The van der Waals surface area contributed by atoms with Crippen LogP contribution >= 0.6 is 11.6 Å². The first-order valence-corrected chi connectivity index (χ1v) is 6.79. The lowest BCUT2D eigenvalue weighted by atomic mass is 10.1. The number of rotatable bonds is 6. The fourth-order valence-corrected chi connectivity index (χ4v) is 2.21. The number of methoxy groups -OCH3 is 1. The van der Waals surface area contributed by atoms with E-state index in [2.05, 4.69) is 5.32 Å². The van der Waals surface area contributed by atoms with E-state index in [9.17, 15) is 10.1 Å². The van der Waals surface area contributed by atoms with Gasteiger partial charge in [0.05, 0.1) is 12.0 Å². The van der Waals surface area contributed by atoms with Crippen LogP contribution in [0.25, 0.3) is 0 Å². The van der Waals surface area contributed by atoms with Gasteiger partial charge in [0, 0.05) is 17.6 Å². The number of anilines is 1. The van der Waals surface area contributed by atoms with Crippen molar-refractivity contribution >= 4 is 23.0 Å². The average molecular weight is 307 g/mol. The Labute approximate surface area is 127 Å². The molecule has 0 saturated carbocycles. The average Bonchev–Trinajstić information content (AvgIpc) is 2.49. The molecule has 2 aromatic carbocycles. The van der Waals surface area contributed by atoms with Crippen LogP contribution in [-0.2, 0) is 6.42 Å². The van der Waals surface area contributed by atoms with Gasteiger partial charge >= 0.3 is 0 Å². The van der Waals surface area contributed by atoms with Gasteiger partial charge in [0.1, 0.15) is 11.4 Å². The molecule has 0 spiro atoms. The number of ether oxygens (including phenoxy) is 1. The summed E-state index contributed by atoms with van der Waals surface area (Å²) in [6, 6.07) is 12.3. The molecule has 0 bridgehead atoms. The third kappa shape index (κ3) is 3.86. The summed E-state index contributed by atoms with van der Waals surface area (Å²) in [7, 11) is 1.62. The quantitative estimate of drug-likeness (QED) is 0.649. The zero-order valence-corrected chi connectivity index (χ0v) is 12.3. The third-order valence-electron chi connectivity index (χ3n) is 3.06. The van der Waals surface area contributed by atoms with E-state index in [4.69, 9.17) is 16.3 Å². The Hall–Kier alpha value is -2.27. The molecule has 0 aliphatic carbocycles. The van der Waals surface area contributed by atoms with Crippen molar-refractivity contribution in [3.63, 3.8) is 0 Å². The Kier molecular flexibility index (Phi) is 5.00. The van der Waals surface area contributed by atoms with E-state index in [1.165, 1.54) is 6.07 Å². The zero-order valence-electron chi connectivity index (χ0n) is 11.5. The van der Waals surface area contributed by atoms with E-state index in [0.717, 1.165) is 11.3 Å². The molecule has 0 amide bonds. The van der Waals surface area contributed by atoms with Crippen molar-refractivity contribution in [3.05, 3.63) is 63.2 Å². The number of halogens is 1. The molecule has 0 heterocycles. The molecule has 0 atom stereocenters. The molecule has 0 aliphatic rings. The molecule has 0 aliphatic heterocycles. The fraction of sp³-hybridized carbons (Fsp3) is 0.200. The summed E-state index contributed by atoms with van der Waals surface area (Å²) < 4.78 is 5.27. The molecule has 6 heteroatoms. The van der Waals surface area contributed by atoms with Crippen LogP contribution < -0.4 is 10.1 Å². The van der Waals surface area contributed by atoms with Crippen LogP contribution in [0.15, 0.2) is 42.5 Å². The summed E-state index contributed by atoms with van der Waals surface area (Å²) >= 11 is 5.78. The molecule has 2 aromatic rings. The SMILES string of the molecule is COc1ccccc1CCNc1ccc(Cl)cc1[N+](=O)[O-]. The molecule has 1 N–H and O–H groups in total. The van der Waals surface area contributed by atoms with E-state index < -0.39 is 4.92 Å². The van der Waals surface area contributed by atoms with Crippen LogP contribution in [0.5, 0.6) is 5.75 Å². The predicted octanol–water partition coefficient (Wildman–Crippen LogP) is 3.91. The van der Waals surface area contributed by atoms with Gasteiger partial charge in [0.25, 0.3) is 5.69 Å². The van der Waals surface area contributed by atoms with Gasteiger partial charge in [-0.3, -0.25) is 10.1 Å². The summed E-state index contributed by atoms with van der Waals surface area (Å²) in [5, 5.41) is 14.4. The second-order valence-corrected chi connectivity index (χ2v) is 4.84. The minimum atomic E-state index is -0.447. The van der Waals surface area contributed by atoms with E-state index >= 15 is 0 Å². The van der Waals surface area contributed by atoms with Crippen molar-refractivity contribution in [1.29, 1.82) is 0 Å². The normalized spacial score (nSPS) is 10.2. The van der Waals surface area contributed by atoms with Gasteiger partial charge in [-0.1, -0.05) is 29.8 Å². The van der Waals surface area contributed by atoms with Crippen LogP contribution in [0, 0.1) is 10.1 Å². The van der Waals surface area contributed by atoms with Crippen LogP contribution in [0.1, 0.15) is 5.56 Å². The van der Waals surface area contributed by atoms with Crippen LogP contribution in [-0.4, -0.2) is 18.6 Å². The standard InChI is InChI=1S/C15H15ClN2O3/c1-21-15-5-3-2-4-11(15)8-9-17-13-7-6-12(16)10-14(13)18(19)20/h2-7,10,17H,8-9H2,1H3. The number of nitro benzene ring substituents is 1. The fourth-order valence-electron chi connectivity index (χ4n) is 2.05. The molecule has 110 valence electrons. The Bertz CT molecular complexity index is 647. The number of hydrogen-bond acceptors (Lipinski definition) is 4. The first kappa shape index (κ1) is 15.1. The largest absolute Gasteiger partial charge is 0.496 e. The molecule has 0 saturated heterocycles. The van der Waals surface area contributed by atoms with E-state index in [0.29, 0.717) is 23.7 Å². The number of nitro groups is 1. The van der Waals surface area contributed by atoms with Gasteiger partial charge in [-0.15, -0.1) is 0 Å². The predicted molar refractivity (Wildman–Crippen MR) is 83.3 cm³/mol. The monoisotopic (exact) mass is 306 g/mol. The molecule has 0 aromatic heterocycles. The minimum Gasteiger partial charge on any atom is -0.496 e. The van der Waals surface area contributed by atoms with Crippen molar-refractivity contribution < 1.29 is 9.66 Å². The molecule has 0 fully saturated rings. The minimum absolute atomic E-state index is 0.0254. The van der Waals surface area contributed by atoms with Crippen molar-refractivity contribution in [2.24, 2.45) is 0 Å². The van der Waals surface area contributed by atoms with Crippen LogP contribution in [0.4, 0.5) is 11.4 Å². The highest BCUT2D eigenvalue weighted by molar-refractivity contribution is 6.30. The van der Waals surface area contributed by atoms with Crippen molar-refractivity contribution in [2.75, 3.05) is 19.0 Å². The number of nitrogens with one attached hydrogen (secondary N) is 1. The molecule has 21 heavy (non-hydrogen) atoms. The van der Waals surface area contributed by atoms with Gasteiger partial charge in [0.2, 0.25) is 0 Å². The summed E-state index contributed by atoms with van der Waals surface area (Å²) in [6.07, 6.45) is 0.698. The lowest BCUT2D eigenvalue weighted by Gasteiger charge is -2.10. The van der Waals surface area contributed by atoms with Crippen molar-refractivity contribution in [1.82, 2.24) is 0 Å². The first-order chi connectivity index (χ1) is 10.1. The Morgan fingerprint density at radius 1 is 1.29 bits per heavy atom. The van der Waals surface area contributed by atoms with E-state index in [-0.39, 0.29) is 5.69 Å². The summed E-state index contributed by atoms with van der Waals surface area (Å²) in [4.78, 5) is 10.5. The maximum Gasteiger partial charge on any atom is 0.293 e. The van der Waals surface area contributed by atoms with Gasteiger partial charge in [-0.05, 0) is 30.2 Å². The maximum absolute atomic E-state index is 11.0. The van der Waals surface area contributed by atoms with Gasteiger partial charge in [-0.25, -0.2) is 0 Å². The highest BCUT2D eigenvalue weighted by Gasteiger charge is 2.13. The lowest BCUT2D eigenvalue weighted by Crippen LogP contribution is -2.07. The number of benzene rings is 2. The first-order valence-electron chi connectivity index (χ1n) is 6.41. The molecule has 2 rings (SSSR count). The topological polar surface area (TPSA) is 64.4 Å². The number of nitrogens with zero attached hydrogens (tertiary/aromatic N) is 1. The molecular weight excluding hydrogens is 292 g/mol. The van der Waals surface area contributed by atoms with Crippen molar-refractivity contribution in [3.8, 4) is 5.75 Å². The van der Waals surface area contributed by atoms with Crippen LogP contribution in [0.3, 0.4) is 0 Å². The zero-order chi connectivity index (χ0) is 15.2. The Morgan fingerprint density at radius 3 is 2.76 bits per heavy atom. The maximum atomic E-state index is 11.0. The second kappa shape index (κ2) is 6.95. The van der Waals surface area contributed by atoms with Gasteiger partial charge in [0.15, 0.2) is 0 Å². The molecule has 0 radical (unpaired) electrons. The summed E-state index contributed by atoms with van der Waals surface area (Å²) in [5.41, 5.74) is 1.48. The van der Waals surface area contributed by atoms with Gasteiger partial charge < -0.3 is 10.1 Å². The summed E-state index contributed by atoms with van der Waals surface area (Å²) in [6.45, 7) is 0.558. The van der Waals surface area contributed by atoms with E-state index in [1.807, 2.05) is 24.3 Å². The second-order valence-electron chi connectivity index (χ2n) is 4.41. The smallest absolute Gasteiger partial charge is 0.293 e. The van der Waals surface area contributed by atoms with Gasteiger partial charge in [-0.2, -0.15) is 0 Å². The van der Waals surface area contributed by atoms with Crippen LogP contribution in [0.2, 0.25) is 5.02 Å². The highest BCUT2D eigenvalue weighted by Crippen LogP contribution is 2.28. The molecule has 0 unspecified atom stereocenters. The summed E-state index contributed by atoms with van der Waals surface area (Å²) in [5.74, 6) is 0.810. The number of para-hydroxylation sites is 1.